The number of urea groups is 1. The standard InChI is InChI=1S/C16H14Br2N2O3/c1-23-15(21)10-11-6-8-12(9-7-11)19-16(22)20(18)14-5-3-2-4-13(14)17/h2-9H,10H2,1H3,(H,19,22). The average Bonchev–Trinajstić information content (AvgIpc) is 2.56. The van der Waals surface area contributed by atoms with E-state index < -0.39 is 0 Å². The number of nitrogens with zero attached hydrogens (tertiary/aromatic N) is 1. The first-order chi connectivity index (χ1) is 11.0. The molecule has 120 valence electrons. The van der Waals surface area contributed by atoms with Crippen LogP contribution in [-0.2, 0) is 16.0 Å². The summed E-state index contributed by atoms with van der Waals surface area (Å²) in [5, 5.41) is 2.77. The minimum Gasteiger partial charge on any atom is -0.469 e. The van der Waals surface area contributed by atoms with Gasteiger partial charge in [0.25, 0.3) is 0 Å². The lowest BCUT2D eigenvalue weighted by Gasteiger charge is -2.17. The topological polar surface area (TPSA) is 58.6 Å². The molecule has 0 atom stereocenters. The Labute approximate surface area is 151 Å². The van der Waals surface area contributed by atoms with Gasteiger partial charge in [0.1, 0.15) is 0 Å². The van der Waals surface area contributed by atoms with Gasteiger partial charge in [-0.1, -0.05) is 24.3 Å². The van der Waals surface area contributed by atoms with Crippen molar-refractivity contribution in [3.05, 3.63) is 58.6 Å². The molecule has 0 aliphatic rings. The molecular weight excluding hydrogens is 428 g/mol. The highest BCUT2D eigenvalue weighted by atomic mass is 79.9. The molecule has 1 N–H and O–H groups in total. The minimum absolute atomic E-state index is 0.201. The summed E-state index contributed by atoms with van der Waals surface area (Å²) in [5.74, 6) is -0.303. The van der Waals surface area contributed by atoms with E-state index >= 15 is 0 Å². The van der Waals surface area contributed by atoms with Crippen LogP contribution in [0.15, 0.2) is 53.0 Å². The Morgan fingerprint density at radius 2 is 1.78 bits per heavy atom. The Morgan fingerprint density at radius 1 is 1.13 bits per heavy atom. The molecule has 0 unspecified atom stereocenters. The van der Waals surface area contributed by atoms with E-state index in [4.69, 9.17) is 0 Å². The van der Waals surface area contributed by atoms with Crippen LogP contribution < -0.4 is 9.24 Å². The van der Waals surface area contributed by atoms with E-state index in [1.165, 1.54) is 11.0 Å². The maximum absolute atomic E-state index is 12.2. The molecule has 0 radical (unpaired) electrons. The predicted molar refractivity (Wildman–Crippen MR) is 96.7 cm³/mol. The second-order valence-corrected chi connectivity index (χ2v) is 6.18. The Bertz CT molecular complexity index is 705. The van der Waals surface area contributed by atoms with Crippen LogP contribution in [0.2, 0.25) is 0 Å². The van der Waals surface area contributed by atoms with Gasteiger partial charge in [0.2, 0.25) is 0 Å². The van der Waals surface area contributed by atoms with Gasteiger partial charge in [0, 0.05) is 10.2 Å². The third kappa shape index (κ3) is 4.80. The van der Waals surface area contributed by atoms with E-state index in [-0.39, 0.29) is 18.4 Å². The first-order valence-corrected chi connectivity index (χ1v) is 8.18. The summed E-state index contributed by atoms with van der Waals surface area (Å²) in [6.45, 7) is 0. The molecule has 7 heteroatoms. The number of hydrogen-bond acceptors (Lipinski definition) is 3. The molecule has 0 spiro atoms. The summed E-state index contributed by atoms with van der Waals surface area (Å²) in [6, 6.07) is 14.0. The van der Waals surface area contributed by atoms with Gasteiger partial charge in [-0.15, -0.1) is 0 Å². The van der Waals surface area contributed by atoms with Crippen molar-refractivity contribution in [2.75, 3.05) is 16.4 Å². The van der Waals surface area contributed by atoms with Gasteiger partial charge in [-0.3, -0.25) is 4.79 Å². The lowest BCUT2D eigenvalue weighted by atomic mass is 10.1. The zero-order valence-electron chi connectivity index (χ0n) is 12.3. The third-order valence-electron chi connectivity index (χ3n) is 3.02. The van der Waals surface area contributed by atoms with Crippen molar-refractivity contribution in [3.8, 4) is 0 Å². The molecule has 23 heavy (non-hydrogen) atoms. The van der Waals surface area contributed by atoms with Crippen LogP contribution in [0, 0.1) is 0 Å². The molecule has 0 aromatic heterocycles. The molecule has 0 fully saturated rings. The average molecular weight is 442 g/mol. The molecule has 0 aliphatic heterocycles. The van der Waals surface area contributed by atoms with Crippen molar-refractivity contribution in [2.45, 2.75) is 6.42 Å². The molecule has 2 rings (SSSR count). The van der Waals surface area contributed by atoms with Crippen LogP contribution in [0.5, 0.6) is 0 Å². The molecule has 0 bridgehead atoms. The van der Waals surface area contributed by atoms with E-state index in [0.717, 1.165) is 10.0 Å². The number of esters is 1. The third-order valence-corrected chi connectivity index (χ3v) is 4.40. The number of hydrogen-bond donors (Lipinski definition) is 1. The number of benzene rings is 2. The quantitative estimate of drug-likeness (QED) is 0.560. The molecule has 0 heterocycles. The number of methoxy groups -OCH3 is 1. The van der Waals surface area contributed by atoms with E-state index in [1.54, 1.807) is 30.3 Å². The Hall–Kier alpha value is -1.86. The van der Waals surface area contributed by atoms with Gasteiger partial charge in [0.05, 0.1) is 35.4 Å². The fraction of sp³-hybridized carbons (Fsp3) is 0.125. The number of carbonyl (C=O) groups excluding carboxylic acids is 2. The summed E-state index contributed by atoms with van der Waals surface area (Å²) in [5.41, 5.74) is 2.13. The smallest absolute Gasteiger partial charge is 0.336 e. The zero-order valence-corrected chi connectivity index (χ0v) is 15.4. The predicted octanol–water partition coefficient (Wildman–Crippen LogP) is 4.51. The fourth-order valence-corrected chi connectivity index (χ4v) is 2.94. The van der Waals surface area contributed by atoms with Crippen molar-refractivity contribution in [1.29, 1.82) is 0 Å². The van der Waals surface area contributed by atoms with E-state index in [0.29, 0.717) is 11.4 Å². The molecule has 0 saturated heterocycles. The van der Waals surface area contributed by atoms with Gasteiger partial charge in [0.15, 0.2) is 0 Å². The highest BCUT2D eigenvalue weighted by Crippen LogP contribution is 2.28. The van der Waals surface area contributed by atoms with E-state index in [1.807, 2.05) is 18.2 Å². The number of para-hydroxylation sites is 1. The molecule has 5 nitrogen and oxygen atoms in total. The van der Waals surface area contributed by atoms with Gasteiger partial charge < -0.3 is 10.1 Å². The second kappa shape index (κ2) is 8.12. The SMILES string of the molecule is COC(=O)Cc1ccc(NC(=O)N(Br)c2ccccc2Br)cc1. The molecule has 0 aliphatic carbocycles. The molecule has 2 aromatic rings. The van der Waals surface area contributed by atoms with Gasteiger partial charge in [-0.25, -0.2) is 8.72 Å². The van der Waals surface area contributed by atoms with Gasteiger partial charge in [-0.05, 0) is 45.8 Å². The number of rotatable bonds is 4. The van der Waals surface area contributed by atoms with Crippen molar-refractivity contribution in [1.82, 2.24) is 0 Å². The normalized spacial score (nSPS) is 10.0. The van der Waals surface area contributed by atoms with E-state index in [9.17, 15) is 9.59 Å². The maximum atomic E-state index is 12.2. The summed E-state index contributed by atoms with van der Waals surface area (Å²) >= 11 is 6.64. The summed E-state index contributed by atoms with van der Waals surface area (Å²) in [4.78, 5) is 23.5. The highest BCUT2D eigenvalue weighted by molar-refractivity contribution is 9.11. The van der Waals surface area contributed by atoms with Crippen molar-refractivity contribution in [2.24, 2.45) is 0 Å². The van der Waals surface area contributed by atoms with Gasteiger partial charge in [-0.2, -0.15) is 0 Å². The highest BCUT2D eigenvalue weighted by Gasteiger charge is 2.15. The maximum Gasteiger partial charge on any atom is 0.336 e. The lowest BCUT2D eigenvalue weighted by molar-refractivity contribution is -0.139. The molecule has 0 saturated carbocycles. The number of anilines is 2. The Balaban J connectivity index is 2.03. The summed E-state index contributed by atoms with van der Waals surface area (Å²) in [7, 11) is 1.35. The zero-order chi connectivity index (χ0) is 16.8. The Kier molecular flexibility index (Phi) is 6.18. The number of halogens is 2. The lowest BCUT2D eigenvalue weighted by Crippen LogP contribution is -2.26. The van der Waals surface area contributed by atoms with Gasteiger partial charge >= 0.3 is 12.0 Å². The largest absolute Gasteiger partial charge is 0.469 e. The molecular formula is C16H14Br2N2O3. The van der Waals surface area contributed by atoms with Crippen LogP contribution in [0.1, 0.15) is 5.56 Å². The number of ether oxygens (including phenoxy) is 1. The second-order valence-electron chi connectivity index (χ2n) is 4.61. The van der Waals surface area contributed by atoms with Crippen LogP contribution >= 0.6 is 32.1 Å². The molecule has 2 amide bonds. The van der Waals surface area contributed by atoms with Crippen molar-refractivity contribution >= 4 is 55.5 Å². The first kappa shape index (κ1) is 17.5. The fourth-order valence-electron chi connectivity index (χ4n) is 1.84. The minimum atomic E-state index is -0.336. The summed E-state index contributed by atoms with van der Waals surface area (Å²) in [6.07, 6.45) is 0.201. The first-order valence-electron chi connectivity index (χ1n) is 6.68. The number of carbonyl (C=O) groups is 2. The number of nitrogens with one attached hydrogen (secondary N) is 1. The Morgan fingerprint density at radius 3 is 2.39 bits per heavy atom. The molecule has 2 aromatic carbocycles. The van der Waals surface area contributed by atoms with Crippen LogP contribution in [0.3, 0.4) is 0 Å². The van der Waals surface area contributed by atoms with Crippen LogP contribution in [0.25, 0.3) is 0 Å². The summed E-state index contributed by atoms with van der Waals surface area (Å²) < 4.78 is 6.74. The monoisotopic (exact) mass is 440 g/mol. The van der Waals surface area contributed by atoms with Crippen LogP contribution in [0.4, 0.5) is 16.2 Å². The number of amides is 2. The van der Waals surface area contributed by atoms with Crippen molar-refractivity contribution in [3.63, 3.8) is 0 Å². The van der Waals surface area contributed by atoms with E-state index in [2.05, 4.69) is 42.1 Å². The van der Waals surface area contributed by atoms with Crippen LogP contribution in [-0.4, -0.2) is 19.1 Å². The van der Waals surface area contributed by atoms with Crippen molar-refractivity contribution < 1.29 is 14.3 Å².